The number of hydrogen-bond acceptors (Lipinski definition) is 2. The van der Waals surface area contributed by atoms with Crippen molar-refractivity contribution in [2.45, 2.75) is 12.8 Å². The molecule has 0 radical (unpaired) electrons. The van der Waals surface area contributed by atoms with E-state index in [1.54, 1.807) is 6.07 Å². The molecule has 0 aliphatic carbocycles. The third kappa shape index (κ3) is 3.50. The molecule has 0 saturated heterocycles. The Morgan fingerprint density at radius 1 is 1.44 bits per heavy atom. The Balaban J connectivity index is 2.73. The van der Waals surface area contributed by atoms with Gasteiger partial charge in [-0.15, -0.1) is 6.58 Å². The van der Waals surface area contributed by atoms with E-state index >= 15 is 0 Å². The molecule has 16 heavy (non-hydrogen) atoms. The lowest BCUT2D eigenvalue weighted by Crippen LogP contribution is -2.18. The highest BCUT2D eigenvalue weighted by Gasteiger charge is 2.04. The number of benzene rings is 1. The minimum absolute atomic E-state index is 0.366. The Kier molecular flexibility index (Phi) is 4.70. The van der Waals surface area contributed by atoms with Crippen LogP contribution in [0.2, 0.25) is 0 Å². The van der Waals surface area contributed by atoms with Crippen molar-refractivity contribution < 1.29 is 9.18 Å². The van der Waals surface area contributed by atoms with Crippen LogP contribution >= 0.6 is 0 Å². The first-order valence-electron chi connectivity index (χ1n) is 5.25. The van der Waals surface area contributed by atoms with Crippen LogP contribution in [0.5, 0.6) is 0 Å². The smallest absolute Gasteiger partial charge is 0.150 e. The zero-order valence-electron chi connectivity index (χ0n) is 9.45. The normalized spacial score (nSPS) is 9.88. The summed E-state index contributed by atoms with van der Waals surface area (Å²) in [6.07, 6.45) is 4.41. The van der Waals surface area contributed by atoms with Crippen molar-refractivity contribution in [2.24, 2.45) is 0 Å². The quantitative estimate of drug-likeness (QED) is 0.418. The number of anilines is 1. The molecule has 0 saturated carbocycles. The Bertz CT molecular complexity index is 376. The fourth-order valence-corrected chi connectivity index (χ4v) is 1.49. The van der Waals surface area contributed by atoms with Crippen LogP contribution in [0, 0.1) is 5.82 Å². The summed E-state index contributed by atoms with van der Waals surface area (Å²) < 4.78 is 13.2. The van der Waals surface area contributed by atoms with Gasteiger partial charge < -0.3 is 4.90 Å². The molecule has 0 spiro atoms. The number of aldehydes is 1. The van der Waals surface area contributed by atoms with Crippen molar-refractivity contribution in [3.8, 4) is 0 Å². The number of carbonyl (C=O) groups excluding carboxylic acids is 1. The summed E-state index contributed by atoms with van der Waals surface area (Å²) in [5, 5.41) is 0. The van der Waals surface area contributed by atoms with Crippen LogP contribution < -0.4 is 4.90 Å². The molecular formula is C13H16FNO. The third-order valence-corrected chi connectivity index (χ3v) is 2.38. The maximum Gasteiger partial charge on any atom is 0.150 e. The summed E-state index contributed by atoms with van der Waals surface area (Å²) >= 11 is 0. The van der Waals surface area contributed by atoms with Crippen LogP contribution in [0.1, 0.15) is 23.2 Å². The van der Waals surface area contributed by atoms with Gasteiger partial charge in [0.05, 0.1) is 0 Å². The van der Waals surface area contributed by atoms with Crippen molar-refractivity contribution in [2.75, 3.05) is 18.5 Å². The Labute approximate surface area is 95.4 Å². The fourth-order valence-electron chi connectivity index (χ4n) is 1.49. The second kappa shape index (κ2) is 6.05. The molecule has 1 rings (SSSR count). The number of nitrogens with zero attached hydrogens (tertiary/aromatic N) is 1. The van der Waals surface area contributed by atoms with Crippen LogP contribution in [0.4, 0.5) is 10.1 Å². The molecule has 0 aromatic heterocycles. The SMILES string of the molecule is C=CCCCN(C)c1cc(F)cc(C=O)c1. The number of hydrogen-bond donors (Lipinski definition) is 0. The highest BCUT2D eigenvalue weighted by atomic mass is 19.1. The molecule has 3 heteroatoms. The second-order valence-electron chi connectivity index (χ2n) is 3.71. The van der Waals surface area contributed by atoms with E-state index in [0.717, 1.165) is 25.1 Å². The molecule has 0 amide bonds. The number of halogens is 1. The van der Waals surface area contributed by atoms with Crippen LogP contribution in [-0.4, -0.2) is 19.9 Å². The lowest BCUT2D eigenvalue weighted by atomic mass is 10.2. The molecule has 0 bridgehead atoms. The molecule has 0 aliphatic rings. The zero-order chi connectivity index (χ0) is 12.0. The monoisotopic (exact) mass is 221 g/mol. The van der Waals surface area contributed by atoms with E-state index in [0.29, 0.717) is 11.8 Å². The molecular weight excluding hydrogens is 205 g/mol. The zero-order valence-corrected chi connectivity index (χ0v) is 9.45. The van der Waals surface area contributed by atoms with E-state index < -0.39 is 0 Å². The largest absolute Gasteiger partial charge is 0.374 e. The molecule has 0 atom stereocenters. The molecule has 2 nitrogen and oxygen atoms in total. The maximum absolute atomic E-state index is 13.2. The molecule has 0 fully saturated rings. The van der Waals surface area contributed by atoms with Gasteiger partial charge in [-0.1, -0.05) is 6.08 Å². The van der Waals surface area contributed by atoms with Crippen LogP contribution in [0.3, 0.4) is 0 Å². The lowest BCUT2D eigenvalue weighted by molar-refractivity contribution is 0.112. The average Bonchev–Trinajstić information content (AvgIpc) is 2.28. The summed E-state index contributed by atoms with van der Waals surface area (Å²) in [6.45, 7) is 4.46. The Morgan fingerprint density at radius 2 is 2.19 bits per heavy atom. The van der Waals surface area contributed by atoms with Gasteiger partial charge in [-0.3, -0.25) is 4.79 Å². The van der Waals surface area contributed by atoms with Crippen molar-refractivity contribution in [3.05, 3.63) is 42.2 Å². The van der Waals surface area contributed by atoms with Gasteiger partial charge in [0.2, 0.25) is 0 Å². The summed E-state index contributed by atoms with van der Waals surface area (Å²) in [5.74, 6) is -0.379. The summed E-state index contributed by atoms with van der Waals surface area (Å²) in [4.78, 5) is 12.5. The van der Waals surface area contributed by atoms with Crippen molar-refractivity contribution >= 4 is 12.0 Å². The second-order valence-corrected chi connectivity index (χ2v) is 3.71. The van der Waals surface area contributed by atoms with E-state index in [2.05, 4.69) is 6.58 Å². The van der Waals surface area contributed by atoms with Crippen molar-refractivity contribution in [1.82, 2.24) is 0 Å². The van der Waals surface area contributed by atoms with Gasteiger partial charge in [0.25, 0.3) is 0 Å². The number of unbranched alkanes of at least 4 members (excludes halogenated alkanes) is 1. The maximum atomic E-state index is 13.2. The van der Waals surface area contributed by atoms with E-state index in [9.17, 15) is 9.18 Å². The Morgan fingerprint density at radius 3 is 2.81 bits per heavy atom. The first-order valence-corrected chi connectivity index (χ1v) is 5.25. The topological polar surface area (TPSA) is 20.3 Å². The number of allylic oxidation sites excluding steroid dienone is 1. The molecule has 1 aromatic rings. The molecule has 86 valence electrons. The van der Waals surface area contributed by atoms with Crippen LogP contribution in [0.15, 0.2) is 30.9 Å². The van der Waals surface area contributed by atoms with E-state index in [1.165, 1.54) is 12.1 Å². The van der Waals surface area contributed by atoms with Crippen LogP contribution in [0.25, 0.3) is 0 Å². The first kappa shape index (κ1) is 12.4. The van der Waals surface area contributed by atoms with E-state index in [-0.39, 0.29) is 5.82 Å². The lowest BCUT2D eigenvalue weighted by Gasteiger charge is -2.19. The number of rotatable bonds is 6. The fraction of sp³-hybridized carbons (Fsp3) is 0.308. The first-order chi connectivity index (χ1) is 7.67. The minimum atomic E-state index is -0.379. The molecule has 0 unspecified atom stereocenters. The molecule has 0 heterocycles. The molecule has 0 aliphatic heterocycles. The molecule has 0 N–H and O–H groups in total. The van der Waals surface area contributed by atoms with Crippen molar-refractivity contribution in [1.29, 1.82) is 0 Å². The van der Waals surface area contributed by atoms with Gasteiger partial charge in [0.1, 0.15) is 12.1 Å². The summed E-state index contributed by atoms with van der Waals surface area (Å²) in [6, 6.07) is 4.35. The number of carbonyl (C=O) groups is 1. The predicted molar refractivity (Wildman–Crippen MR) is 64.5 cm³/mol. The van der Waals surface area contributed by atoms with Gasteiger partial charge in [0.15, 0.2) is 0 Å². The minimum Gasteiger partial charge on any atom is -0.374 e. The summed E-state index contributed by atoms with van der Waals surface area (Å²) in [5.41, 5.74) is 1.09. The summed E-state index contributed by atoms with van der Waals surface area (Å²) in [7, 11) is 1.88. The van der Waals surface area contributed by atoms with Gasteiger partial charge in [0, 0.05) is 24.8 Å². The van der Waals surface area contributed by atoms with Gasteiger partial charge >= 0.3 is 0 Å². The predicted octanol–water partition coefficient (Wildman–Crippen LogP) is 3.04. The highest BCUT2D eigenvalue weighted by Crippen LogP contribution is 2.17. The third-order valence-electron chi connectivity index (χ3n) is 2.38. The van der Waals surface area contributed by atoms with Crippen molar-refractivity contribution in [3.63, 3.8) is 0 Å². The van der Waals surface area contributed by atoms with E-state index in [1.807, 2.05) is 18.0 Å². The van der Waals surface area contributed by atoms with Gasteiger partial charge in [-0.05, 0) is 31.0 Å². The van der Waals surface area contributed by atoms with Gasteiger partial charge in [-0.25, -0.2) is 4.39 Å². The highest BCUT2D eigenvalue weighted by molar-refractivity contribution is 5.77. The van der Waals surface area contributed by atoms with Gasteiger partial charge in [-0.2, -0.15) is 0 Å². The van der Waals surface area contributed by atoms with E-state index in [4.69, 9.17) is 0 Å². The van der Waals surface area contributed by atoms with Crippen LogP contribution in [-0.2, 0) is 0 Å². The average molecular weight is 221 g/mol. The standard InChI is InChI=1S/C13H16FNO/c1-3-4-5-6-15(2)13-8-11(10-16)7-12(14)9-13/h3,7-10H,1,4-6H2,2H3. The Hall–Kier alpha value is -1.64. The molecule has 1 aromatic carbocycles.